The zero-order valence-corrected chi connectivity index (χ0v) is 19.5. The van der Waals surface area contributed by atoms with Crippen LogP contribution in [0.25, 0.3) is 0 Å². The van der Waals surface area contributed by atoms with Crippen molar-refractivity contribution in [3.05, 3.63) is 45.8 Å². The highest BCUT2D eigenvalue weighted by molar-refractivity contribution is 7.17. The van der Waals surface area contributed by atoms with Gasteiger partial charge in [0.05, 0.1) is 31.7 Å². The lowest BCUT2D eigenvalue weighted by Gasteiger charge is -2.20. The van der Waals surface area contributed by atoms with Crippen molar-refractivity contribution in [3.8, 4) is 5.75 Å². The third-order valence-electron chi connectivity index (χ3n) is 5.37. The van der Waals surface area contributed by atoms with E-state index in [-0.39, 0.29) is 6.61 Å². The molecule has 0 radical (unpaired) electrons. The summed E-state index contributed by atoms with van der Waals surface area (Å²) in [4.78, 5) is 38.1. The fourth-order valence-electron chi connectivity index (χ4n) is 3.76. The van der Waals surface area contributed by atoms with E-state index in [2.05, 4.69) is 5.32 Å². The van der Waals surface area contributed by atoms with Crippen LogP contribution in [0.1, 0.15) is 58.6 Å². The molecule has 1 aromatic carbocycles. The Balaban J connectivity index is 1.84. The highest BCUT2D eigenvalue weighted by Gasteiger charge is 2.40. The molecule has 1 aliphatic rings. The van der Waals surface area contributed by atoms with Gasteiger partial charge in [0.1, 0.15) is 10.8 Å². The number of halogens is 3. The second-order valence-corrected chi connectivity index (χ2v) is 8.79. The quantitative estimate of drug-likeness (QED) is 0.521. The first-order valence-corrected chi connectivity index (χ1v) is 11.6. The Morgan fingerprint density at radius 1 is 1.12 bits per heavy atom. The van der Waals surface area contributed by atoms with Crippen molar-refractivity contribution in [1.29, 1.82) is 0 Å². The number of rotatable bonds is 8. The highest BCUT2D eigenvalue weighted by atomic mass is 32.1. The largest absolute Gasteiger partial charge is 0.497 e. The van der Waals surface area contributed by atoms with Gasteiger partial charge in [0.2, 0.25) is 5.91 Å². The Bertz CT molecular complexity index is 1050. The van der Waals surface area contributed by atoms with E-state index >= 15 is 0 Å². The Morgan fingerprint density at radius 2 is 1.79 bits per heavy atom. The Morgan fingerprint density at radius 3 is 2.41 bits per heavy atom. The number of ether oxygens (including phenoxy) is 2. The van der Waals surface area contributed by atoms with Gasteiger partial charge < -0.3 is 20.1 Å². The average Bonchev–Trinajstić information content (AvgIpc) is 3.15. The van der Waals surface area contributed by atoms with Gasteiger partial charge in [0, 0.05) is 4.88 Å². The summed E-state index contributed by atoms with van der Waals surface area (Å²) in [6, 6.07) is 4.74. The fraction of sp³-hybridized carbons (Fsp3) is 0.435. The predicted octanol–water partition coefficient (Wildman–Crippen LogP) is 4.56. The van der Waals surface area contributed by atoms with E-state index in [0.29, 0.717) is 28.3 Å². The lowest BCUT2D eigenvalue weighted by atomic mass is 9.95. The van der Waals surface area contributed by atoms with E-state index in [1.54, 1.807) is 6.92 Å². The molecule has 34 heavy (non-hydrogen) atoms. The van der Waals surface area contributed by atoms with Gasteiger partial charge in [-0.15, -0.1) is 11.3 Å². The van der Waals surface area contributed by atoms with Gasteiger partial charge in [-0.25, -0.2) is 4.79 Å². The van der Waals surface area contributed by atoms with Crippen LogP contribution in [-0.2, 0) is 27.2 Å². The van der Waals surface area contributed by atoms with Gasteiger partial charge in [-0.3, -0.25) is 9.59 Å². The van der Waals surface area contributed by atoms with E-state index in [9.17, 15) is 27.6 Å². The van der Waals surface area contributed by atoms with Crippen LogP contribution in [0.4, 0.5) is 18.2 Å². The molecule has 7 nitrogen and oxygen atoms in total. The Kier molecular flexibility index (Phi) is 8.19. The maximum absolute atomic E-state index is 12.9. The van der Waals surface area contributed by atoms with Gasteiger partial charge >= 0.3 is 18.1 Å². The molecule has 1 aromatic heterocycles. The van der Waals surface area contributed by atoms with Crippen molar-refractivity contribution in [3.63, 3.8) is 0 Å². The van der Waals surface area contributed by atoms with Gasteiger partial charge in [-0.05, 0) is 55.9 Å². The zero-order chi connectivity index (χ0) is 24.9. The van der Waals surface area contributed by atoms with Crippen LogP contribution in [0.15, 0.2) is 24.3 Å². The van der Waals surface area contributed by atoms with Gasteiger partial charge in [-0.2, -0.15) is 13.2 Å². The Hall–Kier alpha value is -3.08. The molecule has 2 amide bonds. The predicted molar refractivity (Wildman–Crippen MR) is 120 cm³/mol. The molecule has 1 aliphatic carbocycles. The normalized spacial score (nSPS) is 14.0. The molecule has 0 spiro atoms. The SMILES string of the molecule is CCOC(=O)c1c(NC(=O)C[C@H](NC(=O)C(F)(F)F)c2ccc(OC)cc2)sc2c1CCCC2. The summed E-state index contributed by atoms with van der Waals surface area (Å²) in [6.45, 7) is 1.84. The molecule has 1 atom stereocenters. The average molecular weight is 499 g/mol. The number of methoxy groups -OCH3 is 1. The first kappa shape index (κ1) is 25.5. The lowest BCUT2D eigenvalue weighted by Crippen LogP contribution is -2.40. The maximum Gasteiger partial charge on any atom is 0.471 e. The smallest absolute Gasteiger partial charge is 0.471 e. The van der Waals surface area contributed by atoms with Crippen molar-refractivity contribution < 1.29 is 37.0 Å². The zero-order valence-electron chi connectivity index (χ0n) is 18.7. The minimum absolute atomic E-state index is 0.167. The van der Waals surface area contributed by atoms with Crippen molar-refractivity contribution >= 4 is 34.1 Å². The molecule has 1 heterocycles. The van der Waals surface area contributed by atoms with Crippen LogP contribution in [0.5, 0.6) is 5.75 Å². The van der Waals surface area contributed by atoms with E-state index in [1.807, 2.05) is 5.32 Å². The second kappa shape index (κ2) is 10.9. The van der Waals surface area contributed by atoms with Gasteiger partial charge in [0.25, 0.3) is 0 Å². The number of carbonyl (C=O) groups is 3. The highest BCUT2D eigenvalue weighted by Crippen LogP contribution is 2.39. The number of esters is 1. The first-order valence-electron chi connectivity index (χ1n) is 10.8. The molecule has 184 valence electrons. The van der Waals surface area contributed by atoms with E-state index < -0.39 is 36.4 Å². The third kappa shape index (κ3) is 6.07. The van der Waals surface area contributed by atoms with Crippen LogP contribution in [0, 0.1) is 0 Å². The standard InChI is InChI=1S/C23H25F3N2O5S/c1-3-33-21(30)19-15-6-4-5-7-17(15)34-20(19)28-18(29)12-16(27-22(31)23(24,25)26)13-8-10-14(32-2)11-9-13/h8-11,16H,3-7,12H2,1-2H3,(H,27,31)(H,28,29)/t16-/m0/s1. The van der Waals surface area contributed by atoms with E-state index in [4.69, 9.17) is 9.47 Å². The fourth-order valence-corrected chi connectivity index (χ4v) is 5.06. The number of hydrogen-bond donors (Lipinski definition) is 2. The monoisotopic (exact) mass is 498 g/mol. The van der Waals surface area contributed by atoms with Crippen LogP contribution in [-0.4, -0.2) is 37.7 Å². The molecule has 11 heteroatoms. The lowest BCUT2D eigenvalue weighted by molar-refractivity contribution is -0.174. The minimum Gasteiger partial charge on any atom is -0.497 e. The number of nitrogens with one attached hydrogen (secondary N) is 2. The van der Waals surface area contributed by atoms with Crippen molar-refractivity contribution in [1.82, 2.24) is 5.32 Å². The molecule has 0 bridgehead atoms. The summed E-state index contributed by atoms with van der Waals surface area (Å²) in [6.07, 6.45) is -2.24. The summed E-state index contributed by atoms with van der Waals surface area (Å²) in [5.74, 6) is -2.88. The topological polar surface area (TPSA) is 93.7 Å². The molecule has 2 N–H and O–H groups in total. The van der Waals surface area contributed by atoms with Crippen LogP contribution in [0.2, 0.25) is 0 Å². The third-order valence-corrected chi connectivity index (χ3v) is 6.58. The number of carbonyl (C=O) groups excluding carboxylic acids is 3. The number of aryl methyl sites for hydroxylation is 1. The van der Waals surface area contributed by atoms with Crippen LogP contribution < -0.4 is 15.4 Å². The number of anilines is 1. The van der Waals surface area contributed by atoms with Gasteiger partial charge in [-0.1, -0.05) is 12.1 Å². The minimum atomic E-state index is -5.11. The van der Waals surface area contributed by atoms with E-state index in [0.717, 1.165) is 29.7 Å². The summed E-state index contributed by atoms with van der Waals surface area (Å²) < 4.78 is 48.9. The molecule has 3 rings (SSSR count). The molecular weight excluding hydrogens is 473 g/mol. The number of hydrogen-bond acceptors (Lipinski definition) is 6. The van der Waals surface area contributed by atoms with Crippen LogP contribution in [0.3, 0.4) is 0 Å². The molecule has 2 aromatic rings. The second-order valence-electron chi connectivity index (χ2n) is 7.68. The number of thiophene rings is 1. The maximum atomic E-state index is 12.9. The van der Waals surface area contributed by atoms with Crippen molar-refractivity contribution in [2.24, 2.45) is 0 Å². The van der Waals surface area contributed by atoms with E-state index in [1.165, 1.54) is 42.7 Å². The first-order chi connectivity index (χ1) is 16.1. The summed E-state index contributed by atoms with van der Waals surface area (Å²) in [7, 11) is 1.44. The summed E-state index contributed by atoms with van der Waals surface area (Å²) >= 11 is 1.27. The molecule has 0 aliphatic heterocycles. The van der Waals surface area contributed by atoms with Crippen LogP contribution >= 0.6 is 11.3 Å². The van der Waals surface area contributed by atoms with Crippen molar-refractivity contribution in [2.75, 3.05) is 19.0 Å². The molecule has 0 saturated heterocycles. The molecular formula is C23H25F3N2O5S. The number of fused-ring (bicyclic) bond motifs is 1. The molecule has 0 unspecified atom stereocenters. The number of benzene rings is 1. The summed E-state index contributed by atoms with van der Waals surface area (Å²) in [5, 5.41) is 4.85. The van der Waals surface area contributed by atoms with Crippen molar-refractivity contribution in [2.45, 2.75) is 51.2 Å². The number of alkyl halides is 3. The summed E-state index contributed by atoms with van der Waals surface area (Å²) in [5.41, 5.74) is 1.45. The molecule has 0 fully saturated rings. The van der Waals surface area contributed by atoms with Gasteiger partial charge in [0.15, 0.2) is 0 Å². The number of amides is 2. The molecule has 0 saturated carbocycles. The Labute approximate surface area is 198 Å².